The maximum atomic E-state index is 12.0. The average Bonchev–Trinajstić information content (AvgIpc) is 3.38. The van der Waals surface area contributed by atoms with Gasteiger partial charge < -0.3 is 16.0 Å². The minimum absolute atomic E-state index is 0.105. The molecule has 23 heavy (non-hydrogen) atoms. The number of hydrogen-bond donors (Lipinski definition) is 3. The van der Waals surface area contributed by atoms with Gasteiger partial charge in [-0.1, -0.05) is 12.1 Å². The zero-order valence-electron chi connectivity index (χ0n) is 12.6. The third-order valence-corrected chi connectivity index (χ3v) is 3.47. The van der Waals surface area contributed by atoms with Crippen molar-refractivity contribution in [2.75, 3.05) is 5.32 Å². The van der Waals surface area contributed by atoms with E-state index in [1.54, 1.807) is 36.7 Å². The molecule has 1 aliphatic rings. The Kier molecular flexibility index (Phi) is 4.52. The van der Waals surface area contributed by atoms with E-state index >= 15 is 0 Å². The number of carbonyl (C=O) groups is 2. The van der Waals surface area contributed by atoms with Crippen molar-refractivity contribution in [3.8, 4) is 0 Å². The maximum Gasteiger partial charge on any atom is 0.319 e. The fourth-order valence-electron chi connectivity index (χ4n) is 2.09. The molecular weight excluding hydrogens is 292 g/mol. The number of aromatic nitrogens is 1. The molecule has 0 saturated heterocycles. The van der Waals surface area contributed by atoms with Crippen molar-refractivity contribution >= 4 is 17.6 Å². The summed E-state index contributed by atoms with van der Waals surface area (Å²) >= 11 is 0. The molecule has 3 rings (SSSR count). The minimum Gasteiger partial charge on any atom is -0.349 e. The Morgan fingerprint density at radius 3 is 2.78 bits per heavy atom. The third kappa shape index (κ3) is 4.54. The average molecular weight is 310 g/mol. The molecule has 3 N–H and O–H groups in total. The van der Waals surface area contributed by atoms with Crippen molar-refractivity contribution in [3.63, 3.8) is 0 Å². The lowest BCUT2D eigenvalue weighted by molar-refractivity contribution is 0.0951. The van der Waals surface area contributed by atoms with Crippen molar-refractivity contribution in [1.29, 1.82) is 0 Å². The molecule has 2 aromatic rings. The van der Waals surface area contributed by atoms with E-state index in [9.17, 15) is 9.59 Å². The second-order valence-corrected chi connectivity index (χ2v) is 5.50. The van der Waals surface area contributed by atoms with E-state index in [1.165, 1.54) is 0 Å². The lowest BCUT2D eigenvalue weighted by Gasteiger charge is -2.09. The predicted octanol–water partition coefficient (Wildman–Crippen LogP) is 2.30. The van der Waals surface area contributed by atoms with Crippen LogP contribution in [0.5, 0.6) is 0 Å². The molecule has 1 aromatic heterocycles. The van der Waals surface area contributed by atoms with Crippen LogP contribution in [0.15, 0.2) is 48.8 Å². The number of pyridine rings is 1. The van der Waals surface area contributed by atoms with Crippen LogP contribution in [-0.2, 0) is 6.54 Å². The van der Waals surface area contributed by atoms with Gasteiger partial charge in [0.25, 0.3) is 5.91 Å². The van der Waals surface area contributed by atoms with E-state index in [2.05, 4.69) is 20.9 Å². The standard InChI is InChI=1S/C17H18N4O2/c22-16(20-14-6-7-14)13-4-1-5-15(9-13)21-17(23)19-11-12-3-2-8-18-10-12/h1-5,8-10,14H,6-7,11H2,(H,20,22)(H2,19,21,23). The fraction of sp³-hybridized carbons (Fsp3) is 0.235. The molecule has 0 radical (unpaired) electrons. The largest absolute Gasteiger partial charge is 0.349 e. The highest BCUT2D eigenvalue weighted by Gasteiger charge is 2.23. The van der Waals surface area contributed by atoms with Crippen LogP contribution in [0.25, 0.3) is 0 Å². The van der Waals surface area contributed by atoms with E-state index in [0.717, 1.165) is 18.4 Å². The molecule has 1 fully saturated rings. The van der Waals surface area contributed by atoms with E-state index in [0.29, 0.717) is 23.8 Å². The molecule has 0 atom stereocenters. The summed E-state index contributed by atoms with van der Waals surface area (Å²) in [6, 6.07) is 10.6. The van der Waals surface area contributed by atoms with Gasteiger partial charge in [-0.15, -0.1) is 0 Å². The van der Waals surface area contributed by atoms with Gasteiger partial charge in [-0.3, -0.25) is 9.78 Å². The number of nitrogens with one attached hydrogen (secondary N) is 3. The molecule has 0 unspecified atom stereocenters. The SMILES string of the molecule is O=C(NCc1cccnc1)Nc1cccc(C(=O)NC2CC2)c1. The molecule has 0 bridgehead atoms. The van der Waals surface area contributed by atoms with E-state index in [-0.39, 0.29) is 11.9 Å². The van der Waals surface area contributed by atoms with Crippen molar-refractivity contribution < 1.29 is 9.59 Å². The van der Waals surface area contributed by atoms with E-state index < -0.39 is 0 Å². The zero-order valence-corrected chi connectivity index (χ0v) is 12.6. The smallest absolute Gasteiger partial charge is 0.319 e. The van der Waals surface area contributed by atoms with Gasteiger partial charge in [-0.2, -0.15) is 0 Å². The summed E-state index contributed by atoms with van der Waals surface area (Å²) in [6.07, 6.45) is 5.46. The van der Waals surface area contributed by atoms with Gasteiger partial charge in [0.1, 0.15) is 0 Å². The van der Waals surface area contributed by atoms with Gasteiger partial charge in [0.15, 0.2) is 0 Å². The number of urea groups is 1. The Labute approximate surface area is 134 Å². The summed E-state index contributed by atoms with van der Waals surface area (Å²) < 4.78 is 0. The molecule has 1 aliphatic carbocycles. The summed E-state index contributed by atoms with van der Waals surface area (Å²) in [5.74, 6) is -0.105. The van der Waals surface area contributed by atoms with Crippen LogP contribution in [-0.4, -0.2) is 23.0 Å². The fourth-order valence-corrected chi connectivity index (χ4v) is 2.09. The van der Waals surface area contributed by atoms with Gasteiger partial charge in [0, 0.05) is 36.2 Å². The number of carbonyl (C=O) groups excluding carboxylic acids is 2. The first-order chi connectivity index (χ1) is 11.2. The van der Waals surface area contributed by atoms with Crippen LogP contribution in [0.4, 0.5) is 10.5 Å². The molecule has 3 amide bonds. The van der Waals surface area contributed by atoms with Crippen molar-refractivity contribution in [2.24, 2.45) is 0 Å². The number of anilines is 1. The van der Waals surface area contributed by atoms with E-state index in [1.807, 2.05) is 12.1 Å². The molecular formula is C17H18N4O2. The number of hydrogen-bond acceptors (Lipinski definition) is 3. The lowest BCUT2D eigenvalue weighted by atomic mass is 10.2. The molecule has 1 aromatic carbocycles. The van der Waals surface area contributed by atoms with Gasteiger partial charge >= 0.3 is 6.03 Å². The number of amides is 3. The highest BCUT2D eigenvalue weighted by molar-refractivity contribution is 5.97. The van der Waals surface area contributed by atoms with Crippen molar-refractivity contribution in [3.05, 3.63) is 59.9 Å². The van der Waals surface area contributed by atoms with Crippen LogP contribution in [0.2, 0.25) is 0 Å². The van der Waals surface area contributed by atoms with Crippen LogP contribution < -0.4 is 16.0 Å². The van der Waals surface area contributed by atoms with Gasteiger partial charge in [0.2, 0.25) is 0 Å². The van der Waals surface area contributed by atoms with Crippen LogP contribution >= 0.6 is 0 Å². The maximum absolute atomic E-state index is 12.0. The molecule has 0 spiro atoms. The Morgan fingerprint density at radius 1 is 1.17 bits per heavy atom. The molecule has 1 saturated carbocycles. The molecule has 0 aliphatic heterocycles. The quantitative estimate of drug-likeness (QED) is 0.792. The lowest BCUT2D eigenvalue weighted by Crippen LogP contribution is -2.28. The highest BCUT2D eigenvalue weighted by Crippen LogP contribution is 2.20. The normalized spacial score (nSPS) is 13.2. The summed E-state index contributed by atoms with van der Waals surface area (Å²) in [5, 5.41) is 8.40. The summed E-state index contributed by atoms with van der Waals surface area (Å²) in [6.45, 7) is 0.390. The number of benzene rings is 1. The summed E-state index contributed by atoms with van der Waals surface area (Å²) in [5.41, 5.74) is 2.04. The molecule has 6 nitrogen and oxygen atoms in total. The number of rotatable bonds is 5. The monoisotopic (exact) mass is 310 g/mol. The Balaban J connectivity index is 1.54. The first-order valence-corrected chi connectivity index (χ1v) is 7.55. The van der Waals surface area contributed by atoms with Gasteiger partial charge in [-0.05, 0) is 42.7 Å². The Hall–Kier alpha value is -2.89. The second-order valence-electron chi connectivity index (χ2n) is 5.50. The Bertz CT molecular complexity index is 699. The summed E-state index contributed by atoms with van der Waals surface area (Å²) in [7, 11) is 0. The van der Waals surface area contributed by atoms with Crippen molar-refractivity contribution in [2.45, 2.75) is 25.4 Å². The predicted molar refractivity (Wildman–Crippen MR) is 87.0 cm³/mol. The summed E-state index contributed by atoms with van der Waals surface area (Å²) in [4.78, 5) is 27.9. The van der Waals surface area contributed by atoms with Crippen molar-refractivity contribution in [1.82, 2.24) is 15.6 Å². The first kappa shape index (κ1) is 15.0. The Morgan fingerprint density at radius 2 is 2.04 bits per heavy atom. The second kappa shape index (κ2) is 6.91. The minimum atomic E-state index is -0.325. The van der Waals surface area contributed by atoms with Gasteiger partial charge in [0.05, 0.1) is 0 Å². The van der Waals surface area contributed by atoms with E-state index in [4.69, 9.17) is 0 Å². The van der Waals surface area contributed by atoms with Crippen LogP contribution in [0.1, 0.15) is 28.8 Å². The van der Waals surface area contributed by atoms with Crippen LogP contribution in [0.3, 0.4) is 0 Å². The van der Waals surface area contributed by atoms with Gasteiger partial charge in [-0.25, -0.2) is 4.79 Å². The zero-order chi connectivity index (χ0) is 16.1. The first-order valence-electron chi connectivity index (χ1n) is 7.55. The number of nitrogens with zero attached hydrogens (tertiary/aromatic N) is 1. The molecule has 118 valence electrons. The molecule has 1 heterocycles. The highest BCUT2D eigenvalue weighted by atomic mass is 16.2. The van der Waals surface area contributed by atoms with Crippen LogP contribution in [0, 0.1) is 0 Å². The third-order valence-electron chi connectivity index (χ3n) is 3.47. The molecule has 6 heteroatoms. The topological polar surface area (TPSA) is 83.1 Å².